The monoisotopic (exact) mass is 380 g/mol. The van der Waals surface area contributed by atoms with E-state index in [0.717, 1.165) is 21.8 Å². The van der Waals surface area contributed by atoms with E-state index in [1.165, 1.54) is 16.2 Å². The number of hydrogen-bond acceptors (Lipinski definition) is 5. The minimum absolute atomic E-state index is 0.370. The van der Waals surface area contributed by atoms with Crippen LogP contribution >= 0.6 is 11.3 Å². The van der Waals surface area contributed by atoms with Gasteiger partial charge in [0, 0.05) is 16.5 Å². The molecule has 3 aromatic rings. The Balaban J connectivity index is 1.72. The number of ether oxygens (including phenoxy) is 1. The first kappa shape index (κ1) is 17.2. The third kappa shape index (κ3) is 3.29. The maximum atomic E-state index is 12.4. The lowest BCUT2D eigenvalue weighted by molar-refractivity contribution is -0.137. The number of aromatic nitrogens is 1. The molecule has 2 aromatic carbocycles. The molecule has 1 unspecified atom stereocenters. The van der Waals surface area contributed by atoms with Crippen LogP contribution in [0.1, 0.15) is 6.92 Å². The van der Waals surface area contributed by atoms with Gasteiger partial charge in [-0.05, 0) is 25.1 Å². The van der Waals surface area contributed by atoms with Crippen molar-refractivity contribution in [3.05, 3.63) is 53.9 Å². The third-order valence-corrected chi connectivity index (χ3v) is 5.17. The molecule has 0 radical (unpaired) electrons. The van der Waals surface area contributed by atoms with Crippen molar-refractivity contribution >= 4 is 28.9 Å². The smallest absolute Gasteiger partial charge is 0.323 e. The van der Waals surface area contributed by atoms with Gasteiger partial charge < -0.3 is 9.84 Å². The molecule has 27 heavy (non-hydrogen) atoms. The summed E-state index contributed by atoms with van der Waals surface area (Å²) < 4.78 is 5.62. The molecule has 2 heterocycles. The molecule has 0 aliphatic carbocycles. The van der Waals surface area contributed by atoms with Gasteiger partial charge in [-0.3, -0.25) is 14.5 Å². The topological polar surface area (TPSA) is 79.7 Å². The Kier molecular flexibility index (Phi) is 4.37. The van der Waals surface area contributed by atoms with Crippen LogP contribution in [0.3, 0.4) is 0 Å². The summed E-state index contributed by atoms with van der Waals surface area (Å²) in [5, 5.41) is 12.0. The number of carbonyl (C=O) groups is 2. The van der Waals surface area contributed by atoms with Gasteiger partial charge in [-0.25, -0.2) is 4.98 Å². The Hall–Kier alpha value is -3.19. The molecule has 1 amide bonds. The molecule has 1 aliphatic rings. The second kappa shape index (κ2) is 6.85. The molecule has 1 aliphatic heterocycles. The summed E-state index contributed by atoms with van der Waals surface area (Å²) in [4.78, 5) is 29.5. The number of hydrogen-bond donors (Lipinski definition) is 1. The molecule has 1 N–H and O–H groups in total. The van der Waals surface area contributed by atoms with E-state index in [-0.39, 0.29) is 5.91 Å². The van der Waals surface area contributed by atoms with Crippen LogP contribution in [0.4, 0.5) is 5.69 Å². The summed E-state index contributed by atoms with van der Waals surface area (Å²) >= 11 is 1.53. The summed E-state index contributed by atoms with van der Waals surface area (Å²) in [6.07, 6.45) is -0.716. The second-order valence-electron chi connectivity index (χ2n) is 6.16. The van der Waals surface area contributed by atoms with Crippen molar-refractivity contribution in [2.75, 3.05) is 11.4 Å². The van der Waals surface area contributed by atoms with Crippen LogP contribution in [0.15, 0.2) is 53.9 Å². The summed E-state index contributed by atoms with van der Waals surface area (Å²) in [5.74, 6) is -0.954. The molecule has 0 fully saturated rings. The van der Waals surface area contributed by atoms with Gasteiger partial charge in [0.1, 0.15) is 17.3 Å². The molecule has 0 spiro atoms. The predicted octanol–water partition coefficient (Wildman–Crippen LogP) is 3.68. The average Bonchev–Trinajstić information content (AvgIpc) is 3.16. The predicted molar refractivity (Wildman–Crippen MR) is 103 cm³/mol. The van der Waals surface area contributed by atoms with E-state index in [4.69, 9.17) is 9.84 Å². The molecule has 7 heteroatoms. The fourth-order valence-corrected chi connectivity index (χ4v) is 3.82. The average molecular weight is 380 g/mol. The molecule has 0 saturated heterocycles. The van der Waals surface area contributed by atoms with E-state index in [2.05, 4.69) is 4.98 Å². The van der Waals surface area contributed by atoms with Crippen molar-refractivity contribution in [2.24, 2.45) is 0 Å². The second-order valence-corrected chi connectivity index (χ2v) is 7.02. The van der Waals surface area contributed by atoms with Crippen molar-refractivity contribution in [2.45, 2.75) is 13.0 Å². The SMILES string of the molecule is CC1Oc2ccc(-c3csc(-c4ccccc4)n3)cc2N(CC(=O)O)C1=O. The van der Waals surface area contributed by atoms with E-state index in [1.807, 2.05) is 41.8 Å². The molecule has 6 nitrogen and oxygen atoms in total. The Labute approximate surface area is 159 Å². The first-order valence-corrected chi connectivity index (χ1v) is 9.26. The third-order valence-electron chi connectivity index (χ3n) is 4.28. The highest BCUT2D eigenvalue weighted by Gasteiger charge is 2.33. The number of benzene rings is 2. The lowest BCUT2D eigenvalue weighted by Crippen LogP contribution is -2.46. The van der Waals surface area contributed by atoms with Crippen molar-refractivity contribution < 1.29 is 19.4 Å². The van der Waals surface area contributed by atoms with Crippen molar-refractivity contribution in [3.8, 4) is 27.6 Å². The highest BCUT2D eigenvalue weighted by Crippen LogP contribution is 2.38. The van der Waals surface area contributed by atoms with Crippen molar-refractivity contribution in [3.63, 3.8) is 0 Å². The molecule has 1 aromatic heterocycles. The summed E-state index contributed by atoms with van der Waals surface area (Å²) in [7, 11) is 0. The number of anilines is 1. The van der Waals surface area contributed by atoms with Gasteiger partial charge in [0.25, 0.3) is 5.91 Å². The van der Waals surface area contributed by atoms with Gasteiger partial charge in [-0.2, -0.15) is 0 Å². The number of aliphatic carboxylic acids is 1. The minimum Gasteiger partial charge on any atom is -0.480 e. The Morgan fingerprint density at radius 2 is 2.00 bits per heavy atom. The van der Waals surface area contributed by atoms with Crippen LogP contribution < -0.4 is 9.64 Å². The van der Waals surface area contributed by atoms with Gasteiger partial charge in [-0.15, -0.1) is 11.3 Å². The lowest BCUT2D eigenvalue weighted by Gasteiger charge is -2.32. The fourth-order valence-electron chi connectivity index (χ4n) is 2.98. The van der Waals surface area contributed by atoms with Gasteiger partial charge >= 0.3 is 5.97 Å². The fraction of sp³-hybridized carbons (Fsp3) is 0.150. The zero-order valence-electron chi connectivity index (χ0n) is 14.5. The van der Waals surface area contributed by atoms with E-state index in [0.29, 0.717) is 11.4 Å². The molecule has 136 valence electrons. The van der Waals surface area contributed by atoms with Crippen LogP contribution in [0.2, 0.25) is 0 Å². The molecule has 4 rings (SSSR count). The first-order chi connectivity index (χ1) is 13.0. The molecule has 1 atom stereocenters. The van der Waals surface area contributed by atoms with Crippen LogP contribution in [-0.4, -0.2) is 34.6 Å². The molecule has 0 saturated carbocycles. The van der Waals surface area contributed by atoms with E-state index >= 15 is 0 Å². The maximum Gasteiger partial charge on any atom is 0.323 e. The number of carboxylic acid groups (broad SMARTS) is 1. The Morgan fingerprint density at radius 1 is 1.22 bits per heavy atom. The number of rotatable bonds is 4. The summed E-state index contributed by atoms with van der Waals surface area (Å²) in [6, 6.07) is 15.2. The number of amides is 1. The van der Waals surface area contributed by atoms with Gasteiger partial charge in [0.05, 0.1) is 11.4 Å². The van der Waals surface area contributed by atoms with Crippen LogP contribution in [0, 0.1) is 0 Å². The first-order valence-electron chi connectivity index (χ1n) is 8.38. The largest absolute Gasteiger partial charge is 0.480 e. The Morgan fingerprint density at radius 3 is 2.74 bits per heavy atom. The Bertz CT molecular complexity index is 1020. The number of nitrogens with zero attached hydrogens (tertiary/aromatic N) is 2. The number of carboxylic acids is 1. The summed E-state index contributed by atoms with van der Waals surface area (Å²) in [5.41, 5.74) is 3.05. The van der Waals surface area contributed by atoms with Crippen molar-refractivity contribution in [1.29, 1.82) is 0 Å². The van der Waals surface area contributed by atoms with E-state index in [1.54, 1.807) is 19.1 Å². The zero-order valence-corrected chi connectivity index (χ0v) is 15.3. The highest BCUT2D eigenvalue weighted by molar-refractivity contribution is 7.13. The number of carbonyl (C=O) groups excluding carboxylic acids is 1. The van der Waals surface area contributed by atoms with Crippen LogP contribution in [0.25, 0.3) is 21.8 Å². The highest BCUT2D eigenvalue weighted by atomic mass is 32.1. The van der Waals surface area contributed by atoms with E-state index in [9.17, 15) is 9.59 Å². The van der Waals surface area contributed by atoms with Crippen molar-refractivity contribution in [1.82, 2.24) is 4.98 Å². The van der Waals surface area contributed by atoms with Gasteiger partial charge in [0.15, 0.2) is 6.10 Å². The van der Waals surface area contributed by atoms with Crippen LogP contribution in [0.5, 0.6) is 5.75 Å². The number of fused-ring (bicyclic) bond motifs is 1. The zero-order chi connectivity index (χ0) is 19.0. The standard InChI is InChI=1S/C20H16N2O4S/c1-12-20(25)22(10-18(23)24)16-9-14(7-8-17(16)26-12)15-11-27-19(21-15)13-5-3-2-4-6-13/h2-9,11-12H,10H2,1H3,(H,23,24). The van der Waals surface area contributed by atoms with Gasteiger partial charge in [0.2, 0.25) is 0 Å². The quantitative estimate of drug-likeness (QED) is 0.747. The summed E-state index contributed by atoms with van der Waals surface area (Å²) in [6.45, 7) is 1.20. The van der Waals surface area contributed by atoms with Crippen LogP contribution in [-0.2, 0) is 9.59 Å². The lowest BCUT2D eigenvalue weighted by atomic mass is 10.1. The maximum absolute atomic E-state index is 12.4. The minimum atomic E-state index is -1.08. The normalized spacial score (nSPS) is 16.0. The number of thiazole rings is 1. The van der Waals surface area contributed by atoms with Gasteiger partial charge in [-0.1, -0.05) is 30.3 Å². The van der Waals surface area contributed by atoms with E-state index < -0.39 is 18.6 Å². The molecule has 0 bridgehead atoms. The molecular formula is C20H16N2O4S. The molecular weight excluding hydrogens is 364 g/mol.